The summed E-state index contributed by atoms with van der Waals surface area (Å²) < 4.78 is 1.64. The normalized spacial score (nSPS) is 16.0. The maximum absolute atomic E-state index is 11.3. The standard InChI is InChI=1S/C13H16N6O2/c20-9-10-5-12(1-2-14-10)19-7-11(16-17-19)6-18-4-3-15-13(21)8-18/h1-2,5,7,20H,3-4,6,8-9H2,(H,15,21). The van der Waals surface area contributed by atoms with Gasteiger partial charge in [0.15, 0.2) is 0 Å². The molecule has 1 aliphatic heterocycles. The molecule has 1 saturated heterocycles. The lowest BCUT2D eigenvalue weighted by molar-refractivity contribution is -0.124. The lowest BCUT2D eigenvalue weighted by Crippen LogP contribution is -2.47. The summed E-state index contributed by atoms with van der Waals surface area (Å²) in [6, 6.07) is 3.55. The Morgan fingerprint density at radius 1 is 1.38 bits per heavy atom. The molecule has 0 spiro atoms. The Labute approximate surface area is 121 Å². The minimum absolute atomic E-state index is 0.0374. The van der Waals surface area contributed by atoms with Crippen molar-refractivity contribution in [3.8, 4) is 5.69 Å². The number of pyridine rings is 1. The molecule has 2 aromatic heterocycles. The molecule has 2 N–H and O–H groups in total. The van der Waals surface area contributed by atoms with Crippen molar-refractivity contribution in [2.75, 3.05) is 19.6 Å². The van der Waals surface area contributed by atoms with Crippen LogP contribution >= 0.6 is 0 Å². The number of carbonyl (C=O) groups is 1. The van der Waals surface area contributed by atoms with Crippen molar-refractivity contribution in [3.05, 3.63) is 35.9 Å². The summed E-state index contributed by atoms with van der Waals surface area (Å²) in [5.41, 5.74) is 2.17. The van der Waals surface area contributed by atoms with E-state index in [1.165, 1.54) is 0 Å². The van der Waals surface area contributed by atoms with Crippen LogP contribution in [0.1, 0.15) is 11.4 Å². The van der Waals surface area contributed by atoms with Gasteiger partial charge in [-0.1, -0.05) is 5.21 Å². The van der Waals surface area contributed by atoms with Crippen LogP contribution in [0.5, 0.6) is 0 Å². The van der Waals surface area contributed by atoms with Gasteiger partial charge in [-0.05, 0) is 12.1 Å². The Morgan fingerprint density at radius 3 is 3.10 bits per heavy atom. The van der Waals surface area contributed by atoms with E-state index >= 15 is 0 Å². The molecule has 21 heavy (non-hydrogen) atoms. The third-order valence-corrected chi connectivity index (χ3v) is 3.27. The molecule has 1 aliphatic rings. The van der Waals surface area contributed by atoms with Crippen LogP contribution < -0.4 is 5.32 Å². The Morgan fingerprint density at radius 2 is 2.29 bits per heavy atom. The lowest BCUT2D eigenvalue weighted by Gasteiger charge is -2.25. The molecule has 0 aromatic carbocycles. The first-order chi connectivity index (χ1) is 10.2. The number of amides is 1. The molecule has 8 nitrogen and oxygen atoms in total. The third kappa shape index (κ3) is 3.23. The first-order valence-corrected chi connectivity index (χ1v) is 6.71. The number of hydrogen-bond donors (Lipinski definition) is 2. The topological polar surface area (TPSA) is 96.2 Å². The maximum atomic E-state index is 11.3. The molecule has 3 rings (SSSR count). The van der Waals surface area contributed by atoms with Gasteiger partial charge in [-0.2, -0.15) is 0 Å². The summed E-state index contributed by atoms with van der Waals surface area (Å²) >= 11 is 0. The lowest BCUT2D eigenvalue weighted by atomic mass is 10.3. The highest BCUT2D eigenvalue weighted by Crippen LogP contribution is 2.09. The fourth-order valence-electron chi connectivity index (χ4n) is 2.25. The van der Waals surface area contributed by atoms with E-state index < -0.39 is 0 Å². The van der Waals surface area contributed by atoms with Crippen molar-refractivity contribution in [3.63, 3.8) is 0 Å². The predicted molar refractivity (Wildman–Crippen MR) is 73.4 cm³/mol. The highest BCUT2D eigenvalue weighted by Gasteiger charge is 2.17. The van der Waals surface area contributed by atoms with Crippen molar-refractivity contribution >= 4 is 5.91 Å². The number of carbonyl (C=O) groups excluding carboxylic acids is 1. The Hall–Kier alpha value is -2.32. The molecule has 110 valence electrons. The van der Waals surface area contributed by atoms with Crippen LogP contribution in [0.2, 0.25) is 0 Å². The van der Waals surface area contributed by atoms with E-state index in [0.717, 1.165) is 17.9 Å². The smallest absolute Gasteiger partial charge is 0.234 e. The summed E-state index contributed by atoms with van der Waals surface area (Å²) in [5.74, 6) is 0.0374. The van der Waals surface area contributed by atoms with Gasteiger partial charge in [0, 0.05) is 25.8 Å². The maximum Gasteiger partial charge on any atom is 0.234 e. The minimum Gasteiger partial charge on any atom is -0.390 e. The molecule has 0 unspecified atom stereocenters. The second-order valence-electron chi connectivity index (χ2n) is 4.88. The number of nitrogens with zero attached hydrogens (tertiary/aromatic N) is 5. The number of hydrogen-bond acceptors (Lipinski definition) is 6. The molecule has 2 aromatic rings. The number of rotatable bonds is 4. The summed E-state index contributed by atoms with van der Waals surface area (Å²) in [5, 5.41) is 20.1. The van der Waals surface area contributed by atoms with Crippen molar-refractivity contribution in [1.29, 1.82) is 0 Å². The van der Waals surface area contributed by atoms with Gasteiger partial charge in [-0.15, -0.1) is 5.10 Å². The quantitative estimate of drug-likeness (QED) is 0.756. The fraction of sp³-hybridized carbons (Fsp3) is 0.385. The molecule has 1 fully saturated rings. The van der Waals surface area contributed by atoms with Gasteiger partial charge in [-0.25, -0.2) is 4.68 Å². The fourth-order valence-corrected chi connectivity index (χ4v) is 2.25. The Kier molecular flexibility index (Phi) is 3.89. The highest BCUT2D eigenvalue weighted by molar-refractivity contribution is 5.78. The monoisotopic (exact) mass is 288 g/mol. The van der Waals surface area contributed by atoms with E-state index in [0.29, 0.717) is 25.3 Å². The zero-order chi connectivity index (χ0) is 14.7. The summed E-state index contributed by atoms with van der Waals surface area (Å²) in [7, 11) is 0. The van der Waals surface area contributed by atoms with Crippen molar-refractivity contribution in [2.24, 2.45) is 0 Å². The molecule has 8 heteroatoms. The van der Waals surface area contributed by atoms with Crippen molar-refractivity contribution < 1.29 is 9.90 Å². The van der Waals surface area contributed by atoms with Crippen LogP contribution in [-0.2, 0) is 17.9 Å². The van der Waals surface area contributed by atoms with Gasteiger partial charge in [0.25, 0.3) is 0 Å². The first-order valence-electron chi connectivity index (χ1n) is 6.71. The molecular formula is C13H16N6O2. The van der Waals surface area contributed by atoms with Gasteiger partial charge in [-0.3, -0.25) is 14.7 Å². The molecule has 3 heterocycles. The molecule has 0 atom stereocenters. The van der Waals surface area contributed by atoms with Crippen LogP contribution in [0.15, 0.2) is 24.5 Å². The Balaban J connectivity index is 1.72. The predicted octanol–water partition coefficient (Wildman–Crippen LogP) is -0.914. The van der Waals surface area contributed by atoms with E-state index in [-0.39, 0.29) is 12.5 Å². The van der Waals surface area contributed by atoms with Gasteiger partial charge in [0.2, 0.25) is 5.91 Å². The zero-order valence-electron chi connectivity index (χ0n) is 11.4. The Bertz CT molecular complexity index is 641. The van der Waals surface area contributed by atoms with Crippen LogP contribution in [-0.4, -0.2) is 55.5 Å². The van der Waals surface area contributed by atoms with Crippen molar-refractivity contribution in [2.45, 2.75) is 13.2 Å². The molecule has 0 aliphatic carbocycles. The average molecular weight is 288 g/mol. The van der Waals surface area contributed by atoms with Gasteiger partial charge in [0.05, 0.1) is 36.4 Å². The summed E-state index contributed by atoms with van der Waals surface area (Å²) in [6.07, 6.45) is 3.44. The van der Waals surface area contributed by atoms with E-state index in [9.17, 15) is 4.79 Å². The molecular weight excluding hydrogens is 272 g/mol. The number of aromatic nitrogens is 4. The number of aliphatic hydroxyl groups is 1. The van der Waals surface area contributed by atoms with Crippen LogP contribution in [0.25, 0.3) is 5.69 Å². The molecule has 0 saturated carbocycles. The minimum atomic E-state index is -0.113. The third-order valence-electron chi connectivity index (χ3n) is 3.27. The summed E-state index contributed by atoms with van der Waals surface area (Å²) in [6.45, 7) is 2.33. The highest BCUT2D eigenvalue weighted by atomic mass is 16.3. The largest absolute Gasteiger partial charge is 0.390 e. The van der Waals surface area contributed by atoms with E-state index in [1.807, 2.05) is 11.1 Å². The van der Waals surface area contributed by atoms with Crippen molar-refractivity contribution in [1.82, 2.24) is 30.2 Å². The zero-order valence-corrected chi connectivity index (χ0v) is 11.4. The molecule has 1 amide bonds. The molecule has 0 bridgehead atoms. The van der Waals surface area contributed by atoms with Gasteiger partial charge >= 0.3 is 0 Å². The second-order valence-corrected chi connectivity index (χ2v) is 4.88. The number of aliphatic hydroxyl groups excluding tert-OH is 1. The number of nitrogens with one attached hydrogen (secondary N) is 1. The molecule has 0 radical (unpaired) electrons. The van der Waals surface area contributed by atoms with Crippen LogP contribution in [0.4, 0.5) is 0 Å². The van der Waals surface area contributed by atoms with Gasteiger partial charge in [0.1, 0.15) is 0 Å². The van der Waals surface area contributed by atoms with E-state index in [4.69, 9.17) is 5.11 Å². The average Bonchev–Trinajstić information content (AvgIpc) is 2.96. The van der Waals surface area contributed by atoms with E-state index in [1.54, 1.807) is 23.0 Å². The second kappa shape index (κ2) is 5.98. The van der Waals surface area contributed by atoms with Crippen LogP contribution in [0, 0.1) is 0 Å². The SMILES string of the molecule is O=C1CN(Cc2cn(-c3ccnc(CO)c3)nn2)CCN1. The van der Waals surface area contributed by atoms with E-state index in [2.05, 4.69) is 20.6 Å². The summed E-state index contributed by atoms with van der Waals surface area (Å²) in [4.78, 5) is 17.4. The van der Waals surface area contributed by atoms with Gasteiger partial charge < -0.3 is 10.4 Å². The number of piperazine rings is 1. The first kappa shape index (κ1) is 13.7. The van der Waals surface area contributed by atoms with Crippen LogP contribution in [0.3, 0.4) is 0 Å².